The lowest BCUT2D eigenvalue weighted by atomic mass is 10.2. The zero-order chi connectivity index (χ0) is 11.9. The Bertz CT molecular complexity index is 436. The van der Waals surface area contributed by atoms with Crippen LogP contribution in [0.1, 0.15) is 17.9 Å². The molecule has 0 amide bonds. The maximum atomic E-state index is 5.63. The number of furan rings is 1. The third-order valence-electron chi connectivity index (χ3n) is 2.47. The van der Waals surface area contributed by atoms with Crippen LogP contribution in [0, 0.1) is 0 Å². The van der Waals surface area contributed by atoms with E-state index in [2.05, 4.69) is 0 Å². The summed E-state index contributed by atoms with van der Waals surface area (Å²) in [7, 11) is 0. The van der Waals surface area contributed by atoms with Crippen molar-refractivity contribution < 1.29 is 9.15 Å². The molecule has 3 nitrogen and oxygen atoms in total. The maximum Gasteiger partial charge on any atom is 0.146 e. The summed E-state index contributed by atoms with van der Waals surface area (Å²) in [6.45, 7) is 1.16. The molecule has 90 valence electrons. The number of aryl methyl sites for hydroxylation is 1. The van der Waals surface area contributed by atoms with Gasteiger partial charge in [-0.15, -0.1) is 0 Å². The van der Waals surface area contributed by atoms with Crippen molar-refractivity contribution in [3.05, 3.63) is 54.0 Å². The molecule has 0 aliphatic heterocycles. The molecular weight excluding hydrogens is 214 g/mol. The van der Waals surface area contributed by atoms with Crippen molar-refractivity contribution in [3.8, 4) is 5.75 Å². The monoisotopic (exact) mass is 231 g/mol. The molecule has 2 rings (SSSR count). The number of para-hydroxylation sites is 1. The molecule has 0 atom stereocenters. The number of rotatable bonds is 6. The second-order valence-corrected chi connectivity index (χ2v) is 3.86. The van der Waals surface area contributed by atoms with Gasteiger partial charge in [0.05, 0.1) is 0 Å². The first-order valence-corrected chi connectivity index (χ1v) is 5.84. The fourth-order valence-corrected chi connectivity index (χ4v) is 1.58. The van der Waals surface area contributed by atoms with Crippen LogP contribution < -0.4 is 10.5 Å². The van der Waals surface area contributed by atoms with Crippen LogP contribution in [0.3, 0.4) is 0 Å². The summed E-state index contributed by atoms with van der Waals surface area (Å²) in [5.74, 6) is 2.68. The summed E-state index contributed by atoms with van der Waals surface area (Å²) in [6, 6.07) is 13.7. The minimum absolute atomic E-state index is 0.465. The highest BCUT2D eigenvalue weighted by Crippen LogP contribution is 2.14. The van der Waals surface area contributed by atoms with E-state index in [1.807, 2.05) is 42.5 Å². The first-order chi connectivity index (χ1) is 8.38. The van der Waals surface area contributed by atoms with Gasteiger partial charge in [-0.3, -0.25) is 0 Å². The van der Waals surface area contributed by atoms with Gasteiger partial charge in [0.15, 0.2) is 0 Å². The molecule has 1 aromatic heterocycles. The van der Waals surface area contributed by atoms with E-state index >= 15 is 0 Å². The molecule has 0 radical (unpaired) electrons. The Morgan fingerprint density at radius 1 is 1.00 bits per heavy atom. The normalized spacial score (nSPS) is 10.4. The molecule has 0 saturated carbocycles. The van der Waals surface area contributed by atoms with Crippen molar-refractivity contribution in [1.82, 2.24) is 0 Å². The Morgan fingerprint density at radius 2 is 1.76 bits per heavy atom. The van der Waals surface area contributed by atoms with Gasteiger partial charge in [0.25, 0.3) is 0 Å². The lowest BCUT2D eigenvalue weighted by Crippen LogP contribution is -1.99. The van der Waals surface area contributed by atoms with Crippen LogP contribution in [0.2, 0.25) is 0 Å². The quantitative estimate of drug-likeness (QED) is 0.831. The van der Waals surface area contributed by atoms with Crippen molar-refractivity contribution in [3.63, 3.8) is 0 Å². The van der Waals surface area contributed by atoms with Gasteiger partial charge in [0.1, 0.15) is 23.9 Å². The first-order valence-electron chi connectivity index (χ1n) is 5.84. The third-order valence-corrected chi connectivity index (χ3v) is 2.47. The van der Waals surface area contributed by atoms with Crippen molar-refractivity contribution in [2.24, 2.45) is 5.73 Å². The number of hydrogen-bond acceptors (Lipinski definition) is 3. The molecule has 0 aliphatic carbocycles. The number of ether oxygens (including phenoxy) is 1. The Hall–Kier alpha value is -1.74. The topological polar surface area (TPSA) is 48.4 Å². The summed E-state index contributed by atoms with van der Waals surface area (Å²) >= 11 is 0. The van der Waals surface area contributed by atoms with E-state index in [1.165, 1.54) is 0 Å². The van der Waals surface area contributed by atoms with Crippen LogP contribution in [0.4, 0.5) is 0 Å². The minimum atomic E-state index is 0.465. The second-order valence-electron chi connectivity index (χ2n) is 3.86. The third kappa shape index (κ3) is 3.64. The average Bonchev–Trinajstić information content (AvgIpc) is 2.83. The zero-order valence-electron chi connectivity index (χ0n) is 9.76. The van der Waals surface area contributed by atoms with Gasteiger partial charge in [0.2, 0.25) is 0 Å². The molecule has 0 saturated heterocycles. The Kier molecular flexibility index (Phi) is 4.22. The number of hydrogen-bond donors (Lipinski definition) is 1. The zero-order valence-corrected chi connectivity index (χ0v) is 9.76. The predicted octanol–water partition coefficient (Wildman–Crippen LogP) is 2.75. The standard InChI is InChI=1S/C14H17NO2/c15-10-4-7-13-8-9-14(17-13)11-16-12-5-2-1-3-6-12/h1-3,5-6,8-9H,4,7,10-11,15H2. The Morgan fingerprint density at radius 3 is 2.53 bits per heavy atom. The van der Waals surface area contributed by atoms with Crippen LogP contribution in [0.15, 0.2) is 46.9 Å². The second kappa shape index (κ2) is 6.11. The highest BCUT2D eigenvalue weighted by molar-refractivity contribution is 5.21. The average molecular weight is 231 g/mol. The van der Waals surface area contributed by atoms with E-state index in [-0.39, 0.29) is 0 Å². The van der Waals surface area contributed by atoms with E-state index in [9.17, 15) is 0 Å². The Balaban J connectivity index is 1.85. The molecule has 0 aliphatic rings. The van der Waals surface area contributed by atoms with E-state index in [0.717, 1.165) is 30.1 Å². The predicted molar refractivity (Wildman–Crippen MR) is 66.9 cm³/mol. The number of nitrogens with two attached hydrogens (primary N) is 1. The van der Waals surface area contributed by atoms with Gasteiger partial charge in [0, 0.05) is 6.42 Å². The number of benzene rings is 1. The van der Waals surface area contributed by atoms with Crippen LogP contribution in [0.5, 0.6) is 5.75 Å². The summed E-state index contributed by atoms with van der Waals surface area (Å²) in [6.07, 6.45) is 1.84. The van der Waals surface area contributed by atoms with E-state index < -0.39 is 0 Å². The lowest BCUT2D eigenvalue weighted by molar-refractivity contribution is 0.266. The van der Waals surface area contributed by atoms with E-state index in [0.29, 0.717) is 13.2 Å². The van der Waals surface area contributed by atoms with E-state index in [1.54, 1.807) is 0 Å². The van der Waals surface area contributed by atoms with E-state index in [4.69, 9.17) is 14.9 Å². The molecule has 2 aromatic rings. The SMILES string of the molecule is NCCCc1ccc(COc2ccccc2)o1. The fourth-order valence-electron chi connectivity index (χ4n) is 1.58. The molecule has 1 heterocycles. The molecule has 1 aromatic carbocycles. The first kappa shape index (κ1) is 11.7. The van der Waals surface area contributed by atoms with Gasteiger partial charge >= 0.3 is 0 Å². The molecule has 0 bridgehead atoms. The molecule has 0 fully saturated rings. The molecule has 0 unspecified atom stereocenters. The van der Waals surface area contributed by atoms with Crippen molar-refractivity contribution in [1.29, 1.82) is 0 Å². The van der Waals surface area contributed by atoms with Gasteiger partial charge in [-0.2, -0.15) is 0 Å². The summed E-state index contributed by atoms with van der Waals surface area (Å²) < 4.78 is 11.2. The Labute approximate surface area is 101 Å². The lowest BCUT2D eigenvalue weighted by Gasteiger charge is -2.03. The van der Waals surface area contributed by atoms with Crippen molar-refractivity contribution >= 4 is 0 Å². The minimum Gasteiger partial charge on any atom is -0.486 e. The summed E-state index contributed by atoms with van der Waals surface area (Å²) in [5, 5.41) is 0. The van der Waals surface area contributed by atoms with Gasteiger partial charge in [-0.25, -0.2) is 0 Å². The molecule has 17 heavy (non-hydrogen) atoms. The largest absolute Gasteiger partial charge is 0.486 e. The highest BCUT2D eigenvalue weighted by atomic mass is 16.5. The van der Waals surface area contributed by atoms with Crippen LogP contribution in [0.25, 0.3) is 0 Å². The van der Waals surface area contributed by atoms with Gasteiger partial charge in [-0.1, -0.05) is 18.2 Å². The summed E-state index contributed by atoms with van der Waals surface area (Å²) in [5.41, 5.74) is 5.45. The van der Waals surface area contributed by atoms with Gasteiger partial charge < -0.3 is 14.9 Å². The highest BCUT2D eigenvalue weighted by Gasteiger charge is 2.02. The van der Waals surface area contributed by atoms with Crippen LogP contribution >= 0.6 is 0 Å². The van der Waals surface area contributed by atoms with Crippen LogP contribution in [-0.4, -0.2) is 6.54 Å². The van der Waals surface area contributed by atoms with Crippen molar-refractivity contribution in [2.45, 2.75) is 19.4 Å². The summed E-state index contributed by atoms with van der Waals surface area (Å²) in [4.78, 5) is 0. The van der Waals surface area contributed by atoms with Crippen molar-refractivity contribution in [2.75, 3.05) is 6.54 Å². The molecule has 3 heteroatoms. The van der Waals surface area contributed by atoms with Gasteiger partial charge in [-0.05, 0) is 37.2 Å². The smallest absolute Gasteiger partial charge is 0.146 e. The molecule has 0 spiro atoms. The molecule has 2 N–H and O–H groups in total. The van der Waals surface area contributed by atoms with Crippen LogP contribution in [-0.2, 0) is 13.0 Å². The fraction of sp³-hybridized carbons (Fsp3) is 0.286. The maximum absolute atomic E-state index is 5.63. The molecular formula is C14H17NO2.